The number of hydrogen-bond acceptors (Lipinski definition) is 4. The van der Waals surface area contributed by atoms with Gasteiger partial charge in [0.2, 0.25) is 5.91 Å². The minimum Gasteiger partial charge on any atom is -0.497 e. The third kappa shape index (κ3) is 5.04. The van der Waals surface area contributed by atoms with Gasteiger partial charge in [-0.1, -0.05) is 42.0 Å². The lowest BCUT2D eigenvalue weighted by atomic mass is 9.74. The maximum atomic E-state index is 12.7. The van der Waals surface area contributed by atoms with Crippen LogP contribution in [0.15, 0.2) is 48.5 Å². The van der Waals surface area contributed by atoms with Gasteiger partial charge in [0.1, 0.15) is 11.8 Å². The Hall–Kier alpha value is -2.08. The van der Waals surface area contributed by atoms with Gasteiger partial charge in [-0.3, -0.25) is 4.79 Å². The fourth-order valence-electron chi connectivity index (χ4n) is 3.57. The number of aryl methyl sites for hydroxylation is 1. The van der Waals surface area contributed by atoms with Gasteiger partial charge in [-0.05, 0) is 43.0 Å². The Morgan fingerprint density at radius 1 is 1.14 bits per heavy atom. The van der Waals surface area contributed by atoms with Crippen LogP contribution in [0.2, 0.25) is 0 Å². The second-order valence-electron chi connectivity index (χ2n) is 7.23. The third-order valence-electron chi connectivity index (χ3n) is 5.47. The van der Waals surface area contributed by atoms with Crippen LogP contribution in [0.1, 0.15) is 35.6 Å². The summed E-state index contributed by atoms with van der Waals surface area (Å²) in [5.41, 5.74) is 9.18. The number of carbonyl (C=O) groups excluding carboxylic acids is 1. The van der Waals surface area contributed by atoms with E-state index >= 15 is 0 Å². The molecule has 6 heteroatoms. The highest BCUT2D eigenvalue weighted by atomic mass is 35.5. The lowest BCUT2D eigenvalue weighted by Crippen LogP contribution is -2.46. The van der Waals surface area contributed by atoms with Crippen molar-refractivity contribution in [2.75, 3.05) is 26.9 Å². The highest BCUT2D eigenvalue weighted by molar-refractivity contribution is 5.85. The molecule has 0 bridgehead atoms. The lowest BCUT2D eigenvalue weighted by Gasteiger charge is -2.38. The van der Waals surface area contributed by atoms with E-state index in [1.165, 1.54) is 5.56 Å². The molecule has 1 aliphatic heterocycles. The number of rotatable bonds is 6. The number of amides is 1. The van der Waals surface area contributed by atoms with E-state index in [1.807, 2.05) is 43.3 Å². The van der Waals surface area contributed by atoms with Crippen LogP contribution in [0.4, 0.5) is 0 Å². The topological polar surface area (TPSA) is 73.6 Å². The van der Waals surface area contributed by atoms with Gasteiger partial charge in [-0.25, -0.2) is 0 Å². The van der Waals surface area contributed by atoms with Crippen LogP contribution in [0.3, 0.4) is 0 Å². The maximum Gasteiger partial charge on any atom is 0.241 e. The molecule has 5 nitrogen and oxygen atoms in total. The summed E-state index contributed by atoms with van der Waals surface area (Å²) in [4.78, 5) is 12.7. The van der Waals surface area contributed by atoms with Crippen LogP contribution in [0.25, 0.3) is 0 Å². The van der Waals surface area contributed by atoms with E-state index < -0.39 is 6.04 Å². The highest BCUT2D eigenvalue weighted by Crippen LogP contribution is 2.35. The van der Waals surface area contributed by atoms with Crippen molar-refractivity contribution in [3.63, 3.8) is 0 Å². The molecule has 0 aliphatic carbocycles. The average molecular weight is 405 g/mol. The zero-order valence-corrected chi connectivity index (χ0v) is 17.3. The molecule has 1 saturated heterocycles. The van der Waals surface area contributed by atoms with Crippen molar-refractivity contribution in [2.24, 2.45) is 5.73 Å². The molecule has 1 unspecified atom stereocenters. The predicted octanol–water partition coefficient (Wildman–Crippen LogP) is 3.29. The number of nitrogens with one attached hydrogen (secondary N) is 1. The minimum absolute atomic E-state index is 0. The Kier molecular flexibility index (Phi) is 7.87. The monoisotopic (exact) mass is 404 g/mol. The molecule has 1 heterocycles. The van der Waals surface area contributed by atoms with Gasteiger partial charge < -0.3 is 20.5 Å². The quantitative estimate of drug-likeness (QED) is 0.774. The van der Waals surface area contributed by atoms with Gasteiger partial charge in [-0.15, -0.1) is 12.4 Å². The van der Waals surface area contributed by atoms with Crippen LogP contribution in [0, 0.1) is 6.92 Å². The molecular weight excluding hydrogens is 376 g/mol. The van der Waals surface area contributed by atoms with Crippen molar-refractivity contribution in [3.05, 3.63) is 65.2 Å². The molecular formula is C22H29ClN2O3. The largest absolute Gasteiger partial charge is 0.497 e. The van der Waals surface area contributed by atoms with E-state index in [0.29, 0.717) is 19.8 Å². The smallest absolute Gasteiger partial charge is 0.241 e. The molecule has 2 aromatic rings. The fourth-order valence-corrected chi connectivity index (χ4v) is 3.57. The molecule has 1 atom stereocenters. The average Bonchev–Trinajstić information content (AvgIpc) is 2.73. The zero-order chi connectivity index (χ0) is 19.3. The molecule has 152 valence electrons. The number of carbonyl (C=O) groups is 1. The van der Waals surface area contributed by atoms with E-state index in [2.05, 4.69) is 17.4 Å². The molecule has 3 rings (SSSR count). The third-order valence-corrected chi connectivity index (χ3v) is 5.47. The van der Waals surface area contributed by atoms with Crippen LogP contribution < -0.4 is 15.8 Å². The molecule has 1 aliphatic rings. The Bertz CT molecular complexity index is 756. The molecule has 0 saturated carbocycles. The van der Waals surface area contributed by atoms with Crippen molar-refractivity contribution in [3.8, 4) is 5.75 Å². The predicted molar refractivity (Wildman–Crippen MR) is 113 cm³/mol. The molecule has 0 spiro atoms. The normalized spacial score (nSPS) is 16.5. The molecule has 0 radical (unpaired) electrons. The van der Waals surface area contributed by atoms with E-state index in [9.17, 15) is 4.79 Å². The number of halogens is 1. The number of hydrogen-bond donors (Lipinski definition) is 2. The molecule has 3 N–H and O–H groups in total. The van der Waals surface area contributed by atoms with Gasteiger partial charge in [0.25, 0.3) is 0 Å². The summed E-state index contributed by atoms with van der Waals surface area (Å²) < 4.78 is 10.8. The Morgan fingerprint density at radius 3 is 2.32 bits per heavy atom. The lowest BCUT2D eigenvalue weighted by molar-refractivity contribution is -0.123. The Labute approximate surface area is 173 Å². The van der Waals surface area contributed by atoms with Crippen molar-refractivity contribution in [1.29, 1.82) is 0 Å². The second kappa shape index (κ2) is 9.92. The molecule has 28 heavy (non-hydrogen) atoms. The van der Waals surface area contributed by atoms with Crippen LogP contribution in [-0.2, 0) is 14.9 Å². The van der Waals surface area contributed by atoms with Gasteiger partial charge in [0, 0.05) is 25.2 Å². The summed E-state index contributed by atoms with van der Waals surface area (Å²) in [7, 11) is 1.66. The molecule has 2 aromatic carbocycles. The zero-order valence-electron chi connectivity index (χ0n) is 16.4. The summed E-state index contributed by atoms with van der Waals surface area (Å²) >= 11 is 0. The number of ether oxygens (including phenoxy) is 2. The molecule has 1 fully saturated rings. The maximum absolute atomic E-state index is 12.7. The minimum atomic E-state index is -0.668. The van der Waals surface area contributed by atoms with E-state index in [0.717, 1.165) is 29.7 Å². The van der Waals surface area contributed by atoms with Crippen molar-refractivity contribution >= 4 is 18.3 Å². The first-order valence-corrected chi connectivity index (χ1v) is 9.36. The van der Waals surface area contributed by atoms with Crippen LogP contribution >= 0.6 is 12.4 Å². The fraction of sp³-hybridized carbons (Fsp3) is 0.409. The van der Waals surface area contributed by atoms with Crippen molar-refractivity contribution < 1.29 is 14.3 Å². The van der Waals surface area contributed by atoms with Crippen molar-refractivity contribution in [1.82, 2.24) is 5.32 Å². The van der Waals surface area contributed by atoms with Crippen LogP contribution in [-0.4, -0.2) is 32.8 Å². The number of methoxy groups -OCH3 is 1. The summed E-state index contributed by atoms with van der Waals surface area (Å²) in [6.07, 6.45) is 1.72. The SMILES string of the molecule is COc1ccc(C2(CNC(=O)C(N)c3ccc(C)cc3)CCOCC2)cc1.Cl. The first-order chi connectivity index (χ1) is 13.0. The van der Waals surface area contributed by atoms with Gasteiger partial charge >= 0.3 is 0 Å². The van der Waals surface area contributed by atoms with E-state index in [-0.39, 0.29) is 23.7 Å². The molecule has 0 aromatic heterocycles. The summed E-state index contributed by atoms with van der Waals surface area (Å²) in [6.45, 7) is 3.93. The first-order valence-electron chi connectivity index (χ1n) is 9.36. The molecule has 1 amide bonds. The van der Waals surface area contributed by atoms with Gasteiger partial charge in [0.05, 0.1) is 7.11 Å². The summed E-state index contributed by atoms with van der Waals surface area (Å²) in [5.74, 6) is 0.671. The summed E-state index contributed by atoms with van der Waals surface area (Å²) in [5, 5.41) is 3.08. The first kappa shape index (κ1) is 22.2. The number of benzene rings is 2. The number of nitrogens with two attached hydrogens (primary N) is 1. The van der Waals surface area contributed by atoms with Gasteiger partial charge in [-0.2, -0.15) is 0 Å². The van der Waals surface area contributed by atoms with Gasteiger partial charge in [0.15, 0.2) is 0 Å². The Morgan fingerprint density at radius 2 is 1.75 bits per heavy atom. The van der Waals surface area contributed by atoms with E-state index in [4.69, 9.17) is 15.2 Å². The Balaban J connectivity index is 0.00000280. The van der Waals surface area contributed by atoms with Crippen LogP contribution in [0.5, 0.6) is 5.75 Å². The second-order valence-corrected chi connectivity index (χ2v) is 7.23. The highest BCUT2D eigenvalue weighted by Gasteiger charge is 2.35. The van der Waals surface area contributed by atoms with Crippen molar-refractivity contribution in [2.45, 2.75) is 31.2 Å². The summed E-state index contributed by atoms with van der Waals surface area (Å²) in [6, 6.07) is 15.2. The van der Waals surface area contributed by atoms with E-state index in [1.54, 1.807) is 7.11 Å². The standard InChI is InChI=1S/C22H28N2O3.ClH/c1-16-3-5-17(6-4-16)20(23)21(25)24-15-22(11-13-27-14-12-22)18-7-9-19(26-2)10-8-18;/h3-10,20H,11-15,23H2,1-2H3,(H,24,25);1H.